The average Bonchev–Trinajstić information content (AvgIpc) is 2.96. The Hall–Kier alpha value is -1.72. The van der Waals surface area contributed by atoms with Crippen molar-refractivity contribution in [1.29, 1.82) is 0 Å². The van der Waals surface area contributed by atoms with Crippen LogP contribution in [0.3, 0.4) is 0 Å². The maximum absolute atomic E-state index is 12.4. The fourth-order valence-corrected chi connectivity index (χ4v) is 2.71. The lowest BCUT2D eigenvalue weighted by Gasteiger charge is -2.28. The summed E-state index contributed by atoms with van der Waals surface area (Å²) in [6.07, 6.45) is 2.07. The number of oxime groups is 1. The lowest BCUT2D eigenvalue weighted by Crippen LogP contribution is -2.50. The van der Waals surface area contributed by atoms with E-state index in [0.29, 0.717) is 29.6 Å². The standard InChI is InChI=1S/C18H23Cl2N3O2/c1-5-8-23(17(24)21-18(2,3)4)11-13-10-16(22-25-13)12-6-7-14(19)15(20)9-12/h5-7,9,13H,1,8,10-11H2,2-4H3,(H,21,24)/t13-/m1/s1. The first-order chi connectivity index (χ1) is 11.7. The number of carbonyl (C=O) groups is 1. The third-order valence-electron chi connectivity index (χ3n) is 3.53. The number of amides is 2. The third kappa shape index (κ3) is 5.65. The van der Waals surface area contributed by atoms with Crippen LogP contribution >= 0.6 is 23.2 Å². The van der Waals surface area contributed by atoms with Crippen LogP contribution in [0, 0.1) is 0 Å². The smallest absolute Gasteiger partial charge is 0.318 e. The minimum atomic E-state index is -0.311. The summed E-state index contributed by atoms with van der Waals surface area (Å²) in [5.74, 6) is 0. The number of hydrogen-bond donors (Lipinski definition) is 1. The fraction of sp³-hybridized carbons (Fsp3) is 0.444. The molecule has 1 aromatic carbocycles. The summed E-state index contributed by atoms with van der Waals surface area (Å²) in [7, 11) is 0. The van der Waals surface area contributed by atoms with Crippen LogP contribution in [0.4, 0.5) is 4.79 Å². The molecule has 5 nitrogen and oxygen atoms in total. The van der Waals surface area contributed by atoms with E-state index in [1.54, 1.807) is 23.1 Å². The van der Waals surface area contributed by atoms with E-state index in [9.17, 15) is 4.79 Å². The Bertz CT molecular complexity index is 683. The van der Waals surface area contributed by atoms with Gasteiger partial charge < -0.3 is 15.1 Å². The van der Waals surface area contributed by atoms with Crippen molar-refractivity contribution >= 4 is 34.9 Å². The van der Waals surface area contributed by atoms with Gasteiger partial charge in [-0.25, -0.2) is 4.79 Å². The van der Waals surface area contributed by atoms with Crippen LogP contribution in [-0.2, 0) is 4.84 Å². The second-order valence-electron chi connectivity index (χ2n) is 6.97. The third-order valence-corrected chi connectivity index (χ3v) is 4.27. The van der Waals surface area contributed by atoms with Gasteiger partial charge in [0.05, 0.1) is 22.3 Å². The molecule has 25 heavy (non-hydrogen) atoms. The van der Waals surface area contributed by atoms with Crippen molar-refractivity contribution < 1.29 is 9.63 Å². The van der Waals surface area contributed by atoms with Gasteiger partial charge in [-0.15, -0.1) is 6.58 Å². The summed E-state index contributed by atoms with van der Waals surface area (Å²) in [5, 5.41) is 8.06. The van der Waals surface area contributed by atoms with E-state index in [1.165, 1.54) is 0 Å². The predicted octanol–water partition coefficient (Wildman–Crippen LogP) is 4.48. The molecule has 1 heterocycles. The molecule has 0 spiro atoms. The molecule has 1 atom stereocenters. The van der Waals surface area contributed by atoms with Crippen LogP contribution in [0.15, 0.2) is 36.0 Å². The van der Waals surface area contributed by atoms with E-state index in [0.717, 1.165) is 11.3 Å². The first kappa shape index (κ1) is 19.6. The monoisotopic (exact) mass is 383 g/mol. The van der Waals surface area contributed by atoms with Crippen LogP contribution in [0.25, 0.3) is 0 Å². The zero-order chi connectivity index (χ0) is 18.6. The summed E-state index contributed by atoms with van der Waals surface area (Å²) < 4.78 is 0. The molecular formula is C18H23Cl2N3O2. The van der Waals surface area contributed by atoms with Gasteiger partial charge in [-0.2, -0.15) is 0 Å². The van der Waals surface area contributed by atoms with E-state index in [-0.39, 0.29) is 17.7 Å². The molecule has 0 saturated carbocycles. The molecule has 1 aliphatic rings. The van der Waals surface area contributed by atoms with Crippen LogP contribution in [-0.4, -0.2) is 41.4 Å². The van der Waals surface area contributed by atoms with Gasteiger partial charge in [-0.05, 0) is 32.9 Å². The first-order valence-electron chi connectivity index (χ1n) is 8.05. The predicted molar refractivity (Wildman–Crippen MR) is 103 cm³/mol. The SMILES string of the molecule is C=CCN(C[C@H]1CC(c2ccc(Cl)c(Cl)c2)=NO1)C(=O)NC(C)(C)C. The quantitative estimate of drug-likeness (QED) is 0.761. The molecule has 0 saturated heterocycles. The van der Waals surface area contributed by atoms with E-state index in [1.807, 2.05) is 26.8 Å². The van der Waals surface area contributed by atoms with Crippen LogP contribution in [0.5, 0.6) is 0 Å². The maximum Gasteiger partial charge on any atom is 0.318 e. The summed E-state index contributed by atoms with van der Waals surface area (Å²) in [6, 6.07) is 5.20. The van der Waals surface area contributed by atoms with E-state index < -0.39 is 0 Å². The highest BCUT2D eigenvalue weighted by Crippen LogP contribution is 2.25. The van der Waals surface area contributed by atoms with Crippen LogP contribution in [0.1, 0.15) is 32.8 Å². The fourth-order valence-electron chi connectivity index (χ4n) is 2.41. The molecule has 2 amide bonds. The molecule has 0 aromatic heterocycles. The second-order valence-corrected chi connectivity index (χ2v) is 7.79. The molecule has 0 fully saturated rings. The van der Waals surface area contributed by atoms with Gasteiger partial charge in [-0.3, -0.25) is 0 Å². The number of hydrogen-bond acceptors (Lipinski definition) is 3. The molecule has 0 bridgehead atoms. The number of carbonyl (C=O) groups excluding carboxylic acids is 1. The lowest BCUT2D eigenvalue weighted by molar-refractivity contribution is 0.0621. The number of urea groups is 1. The highest BCUT2D eigenvalue weighted by molar-refractivity contribution is 6.42. The molecule has 0 aliphatic carbocycles. The Morgan fingerprint density at radius 2 is 2.16 bits per heavy atom. The zero-order valence-corrected chi connectivity index (χ0v) is 16.2. The summed E-state index contributed by atoms with van der Waals surface area (Å²) >= 11 is 12.0. The van der Waals surface area contributed by atoms with E-state index in [2.05, 4.69) is 17.1 Å². The molecule has 1 aliphatic heterocycles. The molecule has 136 valence electrons. The number of halogens is 2. The lowest BCUT2D eigenvalue weighted by atomic mass is 10.0. The number of nitrogens with zero attached hydrogens (tertiary/aromatic N) is 2. The van der Waals surface area contributed by atoms with Crippen molar-refractivity contribution in [2.45, 2.75) is 38.8 Å². The van der Waals surface area contributed by atoms with Crippen LogP contribution in [0.2, 0.25) is 10.0 Å². The van der Waals surface area contributed by atoms with Gasteiger partial charge in [0.1, 0.15) is 0 Å². The van der Waals surface area contributed by atoms with Gasteiger partial charge in [0.15, 0.2) is 6.10 Å². The Morgan fingerprint density at radius 3 is 2.76 bits per heavy atom. The van der Waals surface area contributed by atoms with Crippen LogP contribution < -0.4 is 5.32 Å². The highest BCUT2D eigenvalue weighted by atomic mass is 35.5. The van der Waals surface area contributed by atoms with E-state index >= 15 is 0 Å². The summed E-state index contributed by atoms with van der Waals surface area (Å²) in [5.41, 5.74) is 1.35. The van der Waals surface area contributed by atoms with Gasteiger partial charge in [0.2, 0.25) is 0 Å². The first-order valence-corrected chi connectivity index (χ1v) is 8.81. The average molecular weight is 384 g/mol. The van der Waals surface area contributed by atoms with Crippen molar-refractivity contribution in [1.82, 2.24) is 10.2 Å². The normalized spacial score (nSPS) is 16.8. The minimum Gasteiger partial charge on any atom is -0.390 e. The molecule has 7 heteroatoms. The van der Waals surface area contributed by atoms with Crippen molar-refractivity contribution in [3.05, 3.63) is 46.5 Å². The number of rotatable bonds is 5. The van der Waals surface area contributed by atoms with Gasteiger partial charge >= 0.3 is 6.03 Å². The van der Waals surface area contributed by atoms with Crippen molar-refractivity contribution in [2.75, 3.05) is 13.1 Å². The Labute approximate surface area is 158 Å². The number of benzene rings is 1. The van der Waals surface area contributed by atoms with E-state index in [4.69, 9.17) is 28.0 Å². The number of nitrogens with one attached hydrogen (secondary N) is 1. The highest BCUT2D eigenvalue weighted by Gasteiger charge is 2.27. The largest absolute Gasteiger partial charge is 0.390 e. The van der Waals surface area contributed by atoms with Gasteiger partial charge in [0, 0.05) is 24.1 Å². The minimum absolute atomic E-state index is 0.154. The summed E-state index contributed by atoms with van der Waals surface area (Å²) in [6.45, 7) is 10.4. The van der Waals surface area contributed by atoms with Gasteiger partial charge in [-0.1, -0.05) is 40.5 Å². The molecule has 0 unspecified atom stereocenters. The van der Waals surface area contributed by atoms with Crippen molar-refractivity contribution in [3.8, 4) is 0 Å². The Balaban J connectivity index is 1.99. The topological polar surface area (TPSA) is 53.9 Å². The zero-order valence-electron chi connectivity index (χ0n) is 14.7. The molecule has 2 rings (SSSR count). The molecule has 0 radical (unpaired) electrons. The van der Waals surface area contributed by atoms with Gasteiger partial charge in [0.25, 0.3) is 0 Å². The summed E-state index contributed by atoms with van der Waals surface area (Å²) in [4.78, 5) is 19.6. The second kappa shape index (κ2) is 8.11. The molecule has 1 aromatic rings. The maximum atomic E-state index is 12.4. The Morgan fingerprint density at radius 1 is 1.44 bits per heavy atom. The van der Waals surface area contributed by atoms with Crippen molar-refractivity contribution in [3.63, 3.8) is 0 Å². The van der Waals surface area contributed by atoms with Crippen molar-refractivity contribution in [2.24, 2.45) is 5.16 Å². The Kier molecular flexibility index (Phi) is 6.36. The molecule has 1 N–H and O–H groups in total. The molecular weight excluding hydrogens is 361 g/mol.